The summed E-state index contributed by atoms with van der Waals surface area (Å²) >= 11 is 0. The molecule has 0 amide bonds. The van der Waals surface area contributed by atoms with Gasteiger partial charge in [-0.25, -0.2) is 4.39 Å². The average molecular weight is 225 g/mol. The van der Waals surface area contributed by atoms with Crippen LogP contribution < -0.4 is 5.73 Å². The molecule has 2 unspecified atom stereocenters. The van der Waals surface area contributed by atoms with E-state index in [0.717, 1.165) is 17.5 Å². The maximum absolute atomic E-state index is 13.1. The summed E-state index contributed by atoms with van der Waals surface area (Å²) in [6, 6.07) is 4.72. The van der Waals surface area contributed by atoms with Crippen LogP contribution in [0.1, 0.15) is 24.5 Å². The number of halogens is 1. The molecule has 0 saturated carbocycles. The lowest BCUT2D eigenvalue weighted by atomic mass is 9.97. The maximum atomic E-state index is 13.1. The van der Waals surface area contributed by atoms with Gasteiger partial charge in [-0.05, 0) is 43.0 Å². The molecule has 0 bridgehead atoms. The van der Waals surface area contributed by atoms with Crippen LogP contribution in [0, 0.1) is 12.7 Å². The number of rotatable bonds is 5. The van der Waals surface area contributed by atoms with E-state index in [0.29, 0.717) is 6.42 Å². The number of methoxy groups -OCH3 is 1. The molecule has 16 heavy (non-hydrogen) atoms. The van der Waals surface area contributed by atoms with Crippen molar-refractivity contribution >= 4 is 0 Å². The van der Waals surface area contributed by atoms with Crippen LogP contribution in [0.15, 0.2) is 18.2 Å². The van der Waals surface area contributed by atoms with Gasteiger partial charge in [0.05, 0.1) is 6.10 Å². The molecule has 0 aliphatic heterocycles. The Hall–Kier alpha value is -0.930. The molecule has 2 N–H and O–H groups in total. The smallest absolute Gasteiger partial charge is 0.123 e. The first-order chi connectivity index (χ1) is 7.58. The standard InChI is InChI=1S/C13H20FNO/c1-4-13(16-3)12(15)8-10-7-11(14)6-5-9(10)2/h5-7,12-13H,4,8,15H2,1-3H3. The highest BCUT2D eigenvalue weighted by Gasteiger charge is 2.16. The highest BCUT2D eigenvalue weighted by molar-refractivity contribution is 5.27. The van der Waals surface area contributed by atoms with Gasteiger partial charge in [0.1, 0.15) is 5.82 Å². The molecule has 90 valence electrons. The normalized spacial score (nSPS) is 14.8. The van der Waals surface area contributed by atoms with Crippen molar-refractivity contribution < 1.29 is 9.13 Å². The molecule has 0 heterocycles. The molecule has 1 rings (SSSR count). The van der Waals surface area contributed by atoms with E-state index in [2.05, 4.69) is 0 Å². The second kappa shape index (κ2) is 5.97. The zero-order chi connectivity index (χ0) is 12.1. The third kappa shape index (κ3) is 3.29. The molecule has 0 fully saturated rings. The predicted molar refractivity (Wildman–Crippen MR) is 63.9 cm³/mol. The van der Waals surface area contributed by atoms with Crippen LogP contribution in [0.25, 0.3) is 0 Å². The zero-order valence-corrected chi connectivity index (χ0v) is 10.2. The van der Waals surface area contributed by atoms with E-state index in [9.17, 15) is 4.39 Å². The molecule has 0 aromatic heterocycles. The van der Waals surface area contributed by atoms with Gasteiger partial charge in [0.15, 0.2) is 0 Å². The molecule has 1 aromatic carbocycles. The van der Waals surface area contributed by atoms with Crippen LogP contribution in [0.4, 0.5) is 4.39 Å². The molecule has 0 radical (unpaired) electrons. The van der Waals surface area contributed by atoms with Crippen molar-refractivity contribution in [3.8, 4) is 0 Å². The number of ether oxygens (including phenoxy) is 1. The Balaban J connectivity index is 2.75. The predicted octanol–water partition coefficient (Wildman–Crippen LogP) is 2.43. The first-order valence-corrected chi connectivity index (χ1v) is 5.61. The SMILES string of the molecule is CCC(OC)C(N)Cc1cc(F)ccc1C. The van der Waals surface area contributed by atoms with Crippen LogP contribution in [-0.4, -0.2) is 19.3 Å². The van der Waals surface area contributed by atoms with Crippen LogP contribution in [0.2, 0.25) is 0 Å². The van der Waals surface area contributed by atoms with E-state index < -0.39 is 0 Å². The summed E-state index contributed by atoms with van der Waals surface area (Å²) in [5, 5.41) is 0. The molecule has 0 aliphatic carbocycles. The van der Waals surface area contributed by atoms with Gasteiger partial charge in [-0.3, -0.25) is 0 Å². The van der Waals surface area contributed by atoms with E-state index in [-0.39, 0.29) is 18.0 Å². The van der Waals surface area contributed by atoms with Gasteiger partial charge in [0, 0.05) is 13.2 Å². The summed E-state index contributed by atoms with van der Waals surface area (Å²) in [6.45, 7) is 4.00. The third-order valence-electron chi connectivity index (χ3n) is 2.95. The lowest BCUT2D eigenvalue weighted by Crippen LogP contribution is -2.37. The van der Waals surface area contributed by atoms with Crippen LogP contribution in [0.5, 0.6) is 0 Å². The van der Waals surface area contributed by atoms with Gasteiger partial charge < -0.3 is 10.5 Å². The summed E-state index contributed by atoms with van der Waals surface area (Å²) in [5.41, 5.74) is 8.08. The van der Waals surface area contributed by atoms with Gasteiger partial charge in [-0.1, -0.05) is 13.0 Å². The average Bonchev–Trinajstić information content (AvgIpc) is 2.25. The van der Waals surface area contributed by atoms with Crippen molar-refractivity contribution in [2.24, 2.45) is 5.73 Å². The monoisotopic (exact) mass is 225 g/mol. The summed E-state index contributed by atoms with van der Waals surface area (Å²) < 4.78 is 18.4. The maximum Gasteiger partial charge on any atom is 0.123 e. The zero-order valence-electron chi connectivity index (χ0n) is 10.2. The topological polar surface area (TPSA) is 35.2 Å². The molecule has 1 aromatic rings. The van der Waals surface area contributed by atoms with Gasteiger partial charge in [-0.15, -0.1) is 0 Å². The van der Waals surface area contributed by atoms with Crippen LogP contribution in [-0.2, 0) is 11.2 Å². The Morgan fingerprint density at radius 2 is 2.12 bits per heavy atom. The molecule has 3 heteroatoms. The van der Waals surface area contributed by atoms with Gasteiger partial charge in [0.2, 0.25) is 0 Å². The molecular formula is C13H20FNO. The van der Waals surface area contributed by atoms with E-state index in [1.54, 1.807) is 19.2 Å². The van der Waals surface area contributed by atoms with Crippen molar-refractivity contribution in [2.75, 3.05) is 7.11 Å². The lowest BCUT2D eigenvalue weighted by Gasteiger charge is -2.21. The van der Waals surface area contributed by atoms with Crippen molar-refractivity contribution in [2.45, 2.75) is 38.8 Å². The fourth-order valence-electron chi connectivity index (χ4n) is 1.89. The Bertz CT molecular complexity index is 337. The fraction of sp³-hybridized carbons (Fsp3) is 0.538. The minimum absolute atomic E-state index is 0.0302. The highest BCUT2D eigenvalue weighted by atomic mass is 19.1. The number of nitrogens with two attached hydrogens (primary N) is 1. The summed E-state index contributed by atoms with van der Waals surface area (Å²) in [7, 11) is 1.66. The minimum atomic E-state index is -0.210. The van der Waals surface area contributed by atoms with Crippen molar-refractivity contribution in [1.82, 2.24) is 0 Å². The number of hydrogen-bond acceptors (Lipinski definition) is 2. The molecule has 2 atom stereocenters. The van der Waals surface area contributed by atoms with Crippen LogP contribution >= 0.6 is 0 Å². The third-order valence-corrected chi connectivity index (χ3v) is 2.95. The molecule has 0 spiro atoms. The van der Waals surface area contributed by atoms with Crippen LogP contribution in [0.3, 0.4) is 0 Å². The lowest BCUT2D eigenvalue weighted by molar-refractivity contribution is 0.0772. The Morgan fingerprint density at radius 1 is 1.44 bits per heavy atom. The van der Waals surface area contributed by atoms with Gasteiger partial charge in [-0.2, -0.15) is 0 Å². The molecular weight excluding hydrogens is 205 g/mol. The fourth-order valence-corrected chi connectivity index (χ4v) is 1.89. The summed E-state index contributed by atoms with van der Waals surface area (Å²) in [5.74, 6) is -0.210. The molecule has 2 nitrogen and oxygen atoms in total. The van der Waals surface area contributed by atoms with E-state index in [1.165, 1.54) is 6.07 Å². The van der Waals surface area contributed by atoms with Crippen molar-refractivity contribution in [3.05, 3.63) is 35.1 Å². The van der Waals surface area contributed by atoms with Gasteiger partial charge in [0.25, 0.3) is 0 Å². The minimum Gasteiger partial charge on any atom is -0.380 e. The Labute approximate surface area is 96.6 Å². The second-order valence-electron chi connectivity index (χ2n) is 4.12. The first-order valence-electron chi connectivity index (χ1n) is 5.61. The number of aryl methyl sites for hydroxylation is 1. The van der Waals surface area contributed by atoms with E-state index in [1.807, 2.05) is 13.8 Å². The second-order valence-corrected chi connectivity index (χ2v) is 4.12. The highest BCUT2D eigenvalue weighted by Crippen LogP contribution is 2.14. The Kier molecular flexibility index (Phi) is 4.90. The summed E-state index contributed by atoms with van der Waals surface area (Å²) in [4.78, 5) is 0. The quantitative estimate of drug-likeness (QED) is 0.835. The van der Waals surface area contributed by atoms with E-state index in [4.69, 9.17) is 10.5 Å². The Morgan fingerprint density at radius 3 is 2.69 bits per heavy atom. The first kappa shape index (κ1) is 13.1. The van der Waals surface area contributed by atoms with Crippen molar-refractivity contribution in [1.29, 1.82) is 0 Å². The largest absolute Gasteiger partial charge is 0.380 e. The van der Waals surface area contributed by atoms with E-state index >= 15 is 0 Å². The number of hydrogen-bond donors (Lipinski definition) is 1. The summed E-state index contributed by atoms with van der Waals surface area (Å²) in [6.07, 6.45) is 1.55. The van der Waals surface area contributed by atoms with Crippen molar-refractivity contribution in [3.63, 3.8) is 0 Å². The number of benzene rings is 1. The van der Waals surface area contributed by atoms with Gasteiger partial charge >= 0.3 is 0 Å². The molecule has 0 saturated heterocycles. The molecule has 0 aliphatic rings.